The van der Waals surface area contributed by atoms with E-state index in [2.05, 4.69) is 37.4 Å². The van der Waals surface area contributed by atoms with Gasteiger partial charge in [-0.05, 0) is 11.6 Å². The maximum absolute atomic E-state index is 5.28. The summed E-state index contributed by atoms with van der Waals surface area (Å²) in [6.45, 7) is 2.47. The number of pyridine rings is 1. The molecule has 0 unspecified atom stereocenters. The summed E-state index contributed by atoms with van der Waals surface area (Å²) in [6, 6.07) is 13.9. The lowest BCUT2D eigenvalue weighted by atomic mass is 10.1. The summed E-state index contributed by atoms with van der Waals surface area (Å²) < 4.78 is 12.5. The number of nitrogens with zero attached hydrogens (tertiary/aromatic N) is 5. The number of imidazole rings is 1. The van der Waals surface area contributed by atoms with Crippen LogP contribution in [0.15, 0.2) is 71.9 Å². The summed E-state index contributed by atoms with van der Waals surface area (Å²) in [5.74, 6) is 2.16. The number of hydrogen-bond donors (Lipinski definition) is 1. The second-order valence-electron chi connectivity index (χ2n) is 7.03. The lowest BCUT2D eigenvalue weighted by Gasteiger charge is -2.08. The van der Waals surface area contributed by atoms with Crippen molar-refractivity contribution in [2.24, 2.45) is 0 Å². The molecule has 1 aromatic carbocycles. The van der Waals surface area contributed by atoms with E-state index < -0.39 is 0 Å². The summed E-state index contributed by atoms with van der Waals surface area (Å²) >= 11 is 0. The average molecular weight is 412 g/mol. The Bertz CT molecular complexity index is 1340. The molecule has 154 valence electrons. The number of benzene rings is 1. The first kappa shape index (κ1) is 18.8. The van der Waals surface area contributed by atoms with E-state index in [1.807, 2.05) is 47.9 Å². The predicted octanol–water partition coefficient (Wildman–Crippen LogP) is 4.38. The van der Waals surface area contributed by atoms with Crippen LogP contribution in [0.25, 0.3) is 28.3 Å². The first-order chi connectivity index (χ1) is 15.2. The van der Waals surface area contributed by atoms with Gasteiger partial charge in [0, 0.05) is 37.4 Å². The van der Waals surface area contributed by atoms with E-state index >= 15 is 0 Å². The molecule has 31 heavy (non-hydrogen) atoms. The fourth-order valence-electron chi connectivity index (χ4n) is 3.35. The van der Waals surface area contributed by atoms with Gasteiger partial charge >= 0.3 is 0 Å². The second-order valence-corrected chi connectivity index (χ2v) is 7.03. The highest BCUT2D eigenvalue weighted by molar-refractivity contribution is 5.63. The molecule has 8 heteroatoms. The number of hydrogen-bond acceptors (Lipinski definition) is 7. The zero-order chi connectivity index (χ0) is 21.2. The summed E-state index contributed by atoms with van der Waals surface area (Å²) in [5.41, 5.74) is 5.45. The van der Waals surface area contributed by atoms with Gasteiger partial charge in [0.25, 0.3) is 0 Å². The van der Waals surface area contributed by atoms with Gasteiger partial charge in [0.15, 0.2) is 5.89 Å². The van der Waals surface area contributed by atoms with E-state index in [4.69, 9.17) is 9.15 Å². The maximum atomic E-state index is 5.28. The largest absolute Gasteiger partial charge is 0.497 e. The minimum Gasteiger partial charge on any atom is -0.497 e. The molecule has 4 aromatic heterocycles. The Hall–Kier alpha value is -4.20. The molecular weight excluding hydrogens is 392 g/mol. The number of fused-ring (bicyclic) bond motifs is 1. The smallest absolute Gasteiger partial charge is 0.191 e. The normalized spacial score (nSPS) is 11.0. The molecule has 0 aliphatic carbocycles. The molecule has 0 saturated carbocycles. The van der Waals surface area contributed by atoms with Crippen LogP contribution in [0.2, 0.25) is 0 Å². The summed E-state index contributed by atoms with van der Waals surface area (Å²) in [6.07, 6.45) is 6.94. The van der Waals surface area contributed by atoms with Crippen LogP contribution in [-0.2, 0) is 6.54 Å². The molecule has 0 aliphatic heterocycles. The zero-order valence-corrected chi connectivity index (χ0v) is 17.1. The minimum absolute atomic E-state index is 0.638. The van der Waals surface area contributed by atoms with E-state index in [0.29, 0.717) is 12.4 Å². The first-order valence-electron chi connectivity index (χ1n) is 9.78. The third-order valence-corrected chi connectivity index (χ3v) is 4.99. The number of nitrogens with one attached hydrogen (secondary N) is 1. The van der Waals surface area contributed by atoms with Crippen molar-refractivity contribution in [1.29, 1.82) is 0 Å². The van der Waals surface area contributed by atoms with Gasteiger partial charge in [-0.15, -0.1) is 0 Å². The van der Waals surface area contributed by atoms with Gasteiger partial charge < -0.3 is 14.5 Å². The molecule has 0 radical (unpaired) electrons. The molecule has 0 aliphatic rings. The van der Waals surface area contributed by atoms with Gasteiger partial charge in [0.2, 0.25) is 0 Å². The first-order valence-corrected chi connectivity index (χ1v) is 9.78. The van der Waals surface area contributed by atoms with Crippen LogP contribution in [0.3, 0.4) is 0 Å². The van der Waals surface area contributed by atoms with Crippen molar-refractivity contribution < 1.29 is 9.15 Å². The molecular formula is C23H20N6O2. The molecule has 5 aromatic rings. The van der Waals surface area contributed by atoms with Crippen molar-refractivity contribution in [2.75, 3.05) is 12.4 Å². The van der Waals surface area contributed by atoms with Gasteiger partial charge in [0.1, 0.15) is 35.5 Å². The zero-order valence-electron chi connectivity index (χ0n) is 17.1. The van der Waals surface area contributed by atoms with Gasteiger partial charge in [0.05, 0.1) is 24.7 Å². The number of rotatable bonds is 6. The predicted molar refractivity (Wildman–Crippen MR) is 117 cm³/mol. The highest BCUT2D eigenvalue weighted by atomic mass is 16.5. The number of aryl methyl sites for hydroxylation is 1. The van der Waals surface area contributed by atoms with E-state index in [0.717, 1.165) is 45.4 Å². The second kappa shape index (κ2) is 7.91. The van der Waals surface area contributed by atoms with Gasteiger partial charge in [-0.25, -0.2) is 19.9 Å². The van der Waals surface area contributed by atoms with Gasteiger partial charge in [-0.1, -0.05) is 24.3 Å². The molecule has 0 bridgehead atoms. The molecule has 8 nitrogen and oxygen atoms in total. The maximum Gasteiger partial charge on any atom is 0.191 e. The van der Waals surface area contributed by atoms with Crippen LogP contribution < -0.4 is 10.1 Å². The summed E-state index contributed by atoms with van der Waals surface area (Å²) in [5, 5.41) is 3.36. The standard InChI is InChI=1S/C23H20N6O2/c1-15-28-20(13-31-15)17-5-3-16(4-6-17)11-24-22-10-19(26-14-27-22)21-12-25-23-9-18(30-2)7-8-29(21)23/h3-10,12-14H,11H2,1-2H3,(H,24,26,27). The molecule has 1 N–H and O–H groups in total. The number of oxazole rings is 1. The topological polar surface area (TPSA) is 90.4 Å². The van der Waals surface area contributed by atoms with Crippen molar-refractivity contribution in [3.8, 4) is 28.4 Å². The van der Waals surface area contributed by atoms with Crippen LogP contribution in [0.1, 0.15) is 11.5 Å². The van der Waals surface area contributed by atoms with Crippen molar-refractivity contribution in [3.63, 3.8) is 0 Å². The lowest BCUT2D eigenvalue weighted by molar-refractivity contribution is 0.414. The Labute approximate surface area is 178 Å². The minimum atomic E-state index is 0.638. The van der Waals surface area contributed by atoms with E-state index in [9.17, 15) is 0 Å². The molecule has 0 atom stereocenters. The molecule has 5 rings (SSSR count). The van der Waals surface area contributed by atoms with E-state index in [1.165, 1.54) is 0 Å². The Kier molecular flexibility index (Phi) is 4.80. The number of ether oxygens (including phenoxy) is 1. The summed E-state index contributed by atoms with van der Waals surface area (Å²) in [4.78, 5) is 17.6. The van der Waals surface area contributed by atoms with Gasteiger partial charge in [-0.3, -0.25) is 4.40 Å². The molecule has 4 heterocycles. The number of aromatic nitrogens is 5. The lowest BCUT2D eigenvalue weighted by Crippen LogP contribution is -2.02. The van der Waals surface area contributed by atoms with E-state index in [1.54, 1.807) is 25.9 Å². The SMILES string of the molecule is COc1ccn2c(-c3cc(NCc4ccc(-c5coc(C)n5)cc4)ncn3)cnc2c1. The number of methoxy groups -OCH3 is 1. The Morgan fingerprint density at radius 1 is 1.03 bits per heavy atom. The van der Waals surface area contributed by atoms with Crippen LogP contribution in [0, 0.1) is 6.92 Å². The Balaban J connectivity index is 1.32. The Morgan fingerprint density at radius 3 is 2.68 bits per heavy atom. The van der Waals surface area contributed by atoms with Crippen LogP contribution >= 0.6 is 0 Å². The fourth-order valence-corrected chi connectivity index (χ4v) is 3.35. The third kappa shape index (κ3) is 3.83. The molecule has 0 fully saturated rings. The van der Waals surface area contributed by atoms with Crippen LogP contribution in [0.4, 0.5) is 5.82 Å². The summed E-state index contributed by atoms with van der Waals surface area (Å²) in [7, 11) is 1.64. The molecule has 0 spiro atoms. The Morgan fingerprint density at radius 2 is 1.90 bits per heavy atom. The quantitative estimate of drug-likeness (QED) is 0.443. The van der Waals surface area contributed by atoms with Crippen molar-refractivity contribution in [3.05, 3.63) is 78.9 Å². The number of anilines is 1. The highest BCUT2D eigenvalue weighted by Gasteiger charge is 2.10. The highest BCUT2D eigenvalue weighted by Crippen LogP contribution is 2.23. The van der Waals surface area contributed by atoms with Crippen LogP contribution in [0.5, 0.6) is 5.75 Å². The van der Waals surface area contributed by atoms with Crippen LogP contribution in [-0.4, -0.2) is 31.4 Å². The van der Waals surface area contributed by atoms with E-state index in [-0.39, 0.29) is 0 Å². The molecule has 0 saturated heterocycles. The van der Waals surface area contributed by atoms with Crippen molar-refractivity contribution >= 4 is 11.5 Å². The average Bonchev–Trinajstić information content (AvgIpc) is 3.44. The molecule has 0 amide bonds. The van der Waals surface area contributed by atoms with Crippen molar-refractivity contribution in [1.82, 2.24) is 24.3 Å². The van der Waals surface area contributed by atoms with Gasteiger partial charge in [-0.2, -0.15) is 0 Å². The monoisotopic (exact) mass is 412 g/mol. The third-order valence-electron chi connectivity index (χ3n) is 4.99. The van der Waals surface area contributed by atoms with Crippen molar-refractivity contribution in [2.45, 2.75) is 13.5 Å². The fraction of sp³-hybridized carbons (Fsp3) is 0.130.